The number of rotatable bonds is 4. The molecule has 1 aromatic heterocycles. The number of anilines is 1. The van der Waals surface area contributed by atoms with E-state index in [-0.39, 0.29) is 17.9 Å². The van der Waals surface area contributed by atoms with Crippen LogP contribution < -0.4 is 15.9 Å². The van der Waals surface area contributed by atoms with Crippen LogP contribution in [0.2, 0.25) is 6.82 Å². The van der Waals surface area contributed by atoms with E-state index >= 15 is 0 Å². The lowest BCUT2D eigenvalue weighted by Crippen LogP contribution is -2.25. The number of hydrogen-bond donors (Lipinski definition) is 2. The van der Waals surface area contributed by atoms with Crippen LogP contribution in [0, 0.1) is 0 Å². The number of nitrogens with two attached hydrogens (primary N) is 1. The summed E-state index contributed by atoms with van der Waals surface area (Å²) in [7, 11) is -3.65. The molecule has 0 radical (unpaired) electrons. The van der Waals surface area contributed by atoms with E-state index in [9.17, 15) is 8.42 Å². The molecule has 1 aromatic carbocycles. The van der Waals surface area contributed by atoms with Gasteiger partial charge in [-0.25, -0.2) is 8.42 Å². The Morgan fingerprint density at radius 3 is 2.91 bits per heavy atom. The van der Waals surface area contributed by atoms with E-state index in [4.69, 9.17) is 10.4 Å². The number of nitrogens with one attached hydrogen (secondary N) is 1. The largest absolute Gasteiger partial charge is 0.423 e. The van der Waals surface area contributed by atoms with Gasteiger partial charge < -0.3 is 10.4 Å². The van der Waals surface area contributed by atoms with Gasteiger partial charge in [-0.05, 0) is 35.3 Å². The average molecular weight is 317 g/mol. The van der Waals surface area contributed by atoms with E-state index in [2.05, 4.69) is 9.71 Å². The fourth-order valence-electron chi connectivity index (χ4n) is 2.58. The van der Waals surface area contributed by atoms with Crippen LogP contribution in [0.3, 0.4) is 0 Å². The van der Waals surface area contributed by atoms with Crippen molar-refractivity contribution in [3.63, 3.8) is 0 Å². The molecule has 0 saturated carbocycles. The lowest BCUT2D eigenvalue weighted by Gasteiger charge is -2.11. The summed E-state index contributed by atoms with van der Waals surface area (Å²) in [5, 5.41) is 0. The number of aromatic nitrogens is 1. The zero-order valence-electron chi connectivity index (χ0n) is 12.1. The molecule has 1 aliphatic heterocycles. The Labute approximate surface area is 129 Å². The molecule has 2 heterocycles. The summed E-state index contributed by atoms with van der Waals surface area (Å²) in [5.74, 6) is 0. The van der Waals surface area contributed by atoms with Crippen molar-refractivity contribution >= 4 is 28.1 Å². The quantitative estimate of drug-likeness (QED) is 0.811. The van der Waals surface area contributed by atoms with Gasteiger partial charge in [0.05, 0.1) is 6.10 Å². The Morgan fingerprint density at radius 1 is 1.41 bits per heavy atom. The van der Waals surface area contributed by atoms with Crippen LogP contribution in [0.4, 0.5) is 5.69 Å². The van der Waals surface area contributed by atoms with E-state index in [1.54, 1.807) is 18.2 Å². The second-order valence-corrected chi connectivity index (χ2v) is 6.82. The van der Waals surface area contributed by atoms with Crippen LogP contribution in [0.15, 0.2) is 47.6 Å². The summed E-state index contributed by atoms with van der Waals surface area (Å²) >= 11 is 0. The number of fused-ring (bicyclic) bond motifs is 1. The minimum atomic E-state index is -3.65. The summed E-state index contributed by atoms with van der Waals surface area (Å²) < 4.78 is 32.9. The van der Waals surface area contributed by atoms with Crippen LogP contribution >= 0.6 is 0 Å². The van der Waals surface area contributed by atoms with Gasteiger partial charge in [0.25, 0.3) is 10.0 Å². The summed E-state index contributed by atoms with van der Waals surface area (Å²) in [5.41, 5.74) is 8.15. The zero-order chi connectivity index (χ0) is 15.7. The Morgan fingerprint density at radius 2 is 2.23 bits per heavy atom. The third-order valence-corrected chi connectivity index (χ3v) is 5.02. The average Bonchev–Trinajstić information content (AvgIpc) is 2.84. The second-order valence-electron chi connectivity index (χ2n) is 5.14. The molecule has 6 nitrogen and oxygen atoms in total. The molecule has 114 valence electrons. The molecule has 0 aliphatic carbocycles. The van der Waals surface area contributed by atoms with Crippen molar-refractivity contribution in [3.8, 4) is 0 Å². The maximum Gasteiger partial charge on any atom is 0.324 e. The van der Waals surface area contributed by atoms with Crippen molar-refractivity contribution < 1.29 is 13.1 Å². The molecule has 22 heavy (non-hydrogen) atoms. The fraction of sp³-hybridized carbons (Fsp3) is 0.214. The van der Waals surface area contributed by atoms with Gasteiger partial charge >= 0.3 is 6.92 Å². The Balaban J connectivity index is 1.90. The number of nitrogens with zero attached hydrogens (tertiary/aromatic N) is 1. The molecule has 0 fully saturated rings. The number of hydrogen-bond acceptors (Lipinski definition) is 5. The number of benzene rings is 1. The van der Waals surface area contributed by atoms with Crippen LogP contribution in [-0.4, -0.2) is 26.9 Å². The van der Waals surface area contributed by atoms with Crippen LogP contribution in [0.25, 0.3) is 0 Å². The van der Waals surface area contributed by atoms with Gasteiger partial charge in [-0.2, -0.15) is 0 Å². The maximum absolute atomic E-state index is 12.3. The summed E-state index contributed by atoms with van der Waals surface area (Å²) in [6, 6.07) is 8.45. The first-order valence-electron chi connectivity index (χ1n) is 6.93. The van der Waals surface area contributed by atoms with Gasteiger partial charge in [-0.3, -0.25) is 9.71 Å². The molecule has 1 atom stereocenters. The Hall–Kier alpha value is -1.90. The standard InChI is InChI=1S/C14H16BN3O3S/c1-15-13-7-10(4-5-12(13)14(8-16)21-15)18-22(19,20)11-3-2-6-17-9-11/h2-7,9,14,18H,8,16H2,1H3. The SMILES string of the molecule is CB1OC(CN)c2ccc(NS(=O)(=O)c3cccnc3)cc21. The Bertz CT molecular complexity index is 783. The van der Waals surface area contributed by atoms with Gasteiger partial charge in [0.2, 0.25) is 0 Å². The Kier molecular flexibility index (Phi) is 3.90. The van der Waals surface area contributed by atoms with Gasteiger partial charge in [0, 0.05) is 24.6 Å². The molecule has 0 spiro atoms. The third kappa shape index (κ3) is 2.72. The number of sulfonamides is 1. The van der Waals surface area contributed by atoms with Crippen LogP contribution in [-0.2, 0) is 14.7 Å². The van der Waals surface area contributed by atoms with Crippen molar-refractivity contribution in [2.75, 3.05) is 11.3 Å². The molecule has 3 rings (SSSR count). The highest BCUT2D eigenvalue weighted by Gasteiger charge is 2.31. The van der Waals surface area contributed by atoms with E-state index in [0.717, 1.165) is 11.0 Å². The predicted molar refractivity (Wildman–Crippen MR) is 85.6 cm³/mol. The van der Waals surface area contributed by atoms with Crippen LogP contribution in [0.1, 0.15) is 11.7 Å². The summed E-state index contributed by atoms with van der Waals surface area (Å²) in [6.45, 7) is 2.22. The zero-order valence-corrected chi connectivity index (χ0v) is 12.9. The van der Waals surface area contributed by atoms with Gasteiger partial charge in [-0.15, -0.1) is 0 Å². The molecule has 0 amide bonds. The highest BCUT2D eigenvalue weighted by atomic mass is 32.2. The molecule has 0 bridgehead atoms. The molecule has 1 aliphatic rings. The van der Waals surface area contributed by atoms with Crippen molar-refractivity contribution in [1.82, 2.24) is 4.98 Å². The van der Waals surface area contributed by atoms with Gasteiger partial charge in [-0.1, -0.05) is 12.9 Å². The van der Waals surface area contributed by atoms with Crippen molar-refractivity contribution in [2.24, 2.45) is 5.73 Å². The van der Waals surface area contributed by atoms with Crippen molar-refractivity contribution in [2.45, 2.75) is 17.8 Å². The van der Waals surface area contributed by atoms with Gasteiger partial charge in [0.15, 0.2) is 0 Å². The predicted octanol–water partition coefficient (Wildman–Crippen LogP) is 0.741. The van der Waals surface area contributed by atoms with E-state index in [1.807, 2.05) is 12.9 Å². The van der Waals surface area contributed by atoms with E-state index in [0.29, 0.717) is 12.2 Å². The summed E-state index contributed by atoms with van der Waals surface area (Å²) in [4.78, 5) is 3.96. The minimum absolute atomic E-state index is 0.105. The molecular weight excluding hydrogens is 301 g/mol. The number of pyridine rings is 1. The highest BCUT2D eigenvalue weighted by Crippen LogP contribution is 2.25. The molecule has 0 saturated heterocycles. The van der Waals surface area contributed by atoms with Crippen molar-refractivity contribution in [1.29, 1.82) is 0 Å². The lowest BCUT2D eigenvalue weighted by atomic mass is 9.64. The first-order valence-corrected chi connectivity index (χ1v) is 8.42. The van der Waals surface area contributed by atoms with Crippen molar-refractivity contribution in [3.05, 3.63) is 48.3 Å². The summed E-state index contributed by atoms with van der Waals surface area (Å²) in [6.07, 6.45) is 2.71. The normalized spacial score (nSPS) is 17.4. The van der Waals surface area contributed by atoms with Crippen LogP contribution in [0.5, 0.6) is 0 Å². The maximum atomic E-state index is 12.3. The van der Waals surface area contributed by atoms with E-state index < -0.39 is 10.0 Å². The lowest BCUT2D eigenvalue weighted by molar-refractivity contribution is 0.235. The second kappa shape index (κ2) is 5.71. The van der Waals surface area contributed by atoms with Gasteiger partial charge in [0.1, 0.15) is 4.90 Å². The third-order valence-electron chi connectivity index (χ3n) is 3.65. The molecule has 8 heteroatoms. The topological polar surface area (TPSA) is 94.3 Å². The fourth-order valence-corrected chi connectivity index (χ4v) is 3.59. The monoisotopic (exact) mass is 317 g/mol. The minimum Gasteiger partial charge on any atom is -0.423 e. The first-order chi connectivity index (χ1) is 10.5. The molecule has 1 unspecified atom stereocenters. The first kappa shape index (κ1) is 15.0. The smallest absolute Gasteiger partial charge is 0.324 e. The highest BCUT2D eigenvalue weighted by molar-refractivity contribution is 7.92. The molecule has 3 N–H and O–H groups in total. The molecule has 2 aromatic rings. The molecular formula is C14H16BN3O3S. The van der Waals surface area contributed by atoms with E-state index in [1.165, 1.54) is 18.5 Å².